The molecule has 0 atom stereocenters. The van der Waals surface area contributed by atoms with E-state index in [0.717, 1.165) is 31.5 Å². The molecule has 0 bridgehead atoms. The Hall–Kier alpha value is -2.22. The molecule has 2 aromatic heterocycles. The lowest BCUT2D eigenvalue weighted by molar-refractivity contribution is -0.140. The Bertz CT molecular complexity index is 955. The number of aryl methyl sites for hydroxylation is 2. The molecule has 0 radical (unpaired) electrons. The molecule has 0 spiro atoms. The van der Waals surface area contributed by atoms with Crippen LogP contribution in [0.15, 0.2) is 4.79 Å². The van der Waals surface area contributed by atoms with E-state index in [-0.39, 0.29) is 5.56 Å². The van der Waals surface area contributed by atoms with Crippen LogP contribution in [0.5, 0.6) is 0 Å². The Balaban J connectivity index is 1.78. The molecule has 2 N–H and O–H groups in total. The smallest absolute Gasteiger partial charge is 0.329 e. The number of carboxylic acids is 1. The van der Waals surface area contributed by atoms with Gasteiger partial charge in [-0.25, -0.2) is 9.78 Å². The number of nitrogens with zero attached hydrogens (tertiary/aromatic N) is 2. The van der Waals surface area contributed by atoms with Crippen molar-refractivity contribution in [3.63, 3.8) is 0 Å². The van der Waals surface area contributed by atoms with Gasteiger partial charge in [0.25, 0.3) is 11.5 Å². The van der Waals surface area contributed by atoms with Crippen LogP contribution in [0, 0.1) is 6.92 Å². The number of hydrogen-bond donors (Lipinski definition) is 2. The number of amides is 1. The van der Waals surface area contributed by atoms with E-state index in [1.165, 1.54) is 11.3 Å². The Morgan fingerprint density at radius 1 is 1.28 bits per heavy atom. The molecule has 0 unspecified atom stereocenters. The van der Waals surface area contributed by atoms with Gasteiger partial charge in [-0.2, -0.15) is 0 Å². The Kier molecular flexibility index (Phi) is 3.68. The van der Waals surface area contributed by atoms with E-state index in [0.29, 0.717) is 40.0 Å². The van der Waals surface area contributed by atoms with E-state index in [2.05, 4.69) is 10.3 Å². The first-order valence-corrected chi connectivity index (χ1v) is 9.33. The lowest BCUT2D eigenvalue weighted by Gasteiger charge is -2.11. The fourth-order valence-electron chi connectivity index (χ4n) is 3.42. The number of fused-ring (bicyclic) bond motifs is 2. The molecule has 25 heavy (non-hydrogen) atoms. The molecular formula is C17H19N3O4S. The van der Waals surface area contributed by atoms with Gasteiger partial charge < -0.3 is 10.4 Å². The highest BCUT2D eigenvalue weighted by Gasteiger charge is 2.52. The van der Waals surface area contributed by atoms with Gasteiger partial charge in [0.05, 0.1) is 10.3 Å². The van der Waals surface area contributed by atoms with Crippen molar-refractivity contribution in [3.8, 4) is 0 Å². The minimum Gasteiger partial charge on any atom is -0.480 e. The van der Waals surface area contributed by atoms with Crippen molar-refractivity contribution < 1.29 is 14.7 Å². The van der Waals surface area contributed by atoms with Gasteiger partial charge >= 0.3 is 5.97 Å². The van der Waals surface area contributed by atoms with Crippen molar-refractivity contribution in [2.75, 3.05) is 0 Å². The molecule has 1 saturated carbocycles. The summed E-state index contributed by atoms with van der Waals surface area (Å²) in [5, 5.41) is 12.4. The Morgan fingerprint density at radius 2 is 2.04 bits per heavy atom. The van der Waals surface area contributed by atoms with Crippen molar-refractivity contribution in [3.05, 3.63) is 26.6 Å². The van der Waals surface area contributed by atoms with E-state index < -0.39 is 17.4 Å². The first-order valence-electron chi connectivity index (χ1n) is 8.52. The molecule has 2 aromatic rings. The summed E-state index contributed by atoms with van der Waals surface area (Å²) in [6.45, 7) is 2.40. The number of carboxylic acid groups (broad SMARTS) is 1. The average molecular weight is 361 g/mol. The van der Waals surface area contributed by atoms with E-state index in [1.807, 2.05) is 0 Å². The second kappa shape index (κ2) is 5.66. The second-order valence-electron chi connectivity index (χ2n) is 6.87. The van der Waals surface area contributed by atoms with Crippen molar-refractivity contribution in [2.24, 2.45) is 0 Å². The van der Waals surface area contributed by atoms with Crippen molar-refractivity contribution in [2.45, 2.75) is 57.5 Å². The third-order valence-corrected chi connectivity index (χ3v) is 6.31. The summed E-state index contributed by atoms with van der Waals surface area (Å²) in [5.41, 5.74) is -0.635. The zero-order valence-corrected chi connectivity index (χ0v) is 14.7. The Morgan fingerprint density at radius 3 is 2.72 bits per heavy atom. The minimum absolute atomic E-state index is 0.0888. The quantitative estimate of drug-likeness (QED) is 0.869. The monoisotopic (exact) mass is 361 g/mol. The fraction of sp³-hybridized carbons (Fsp3) is 0.529. The molecule has 0 saturated heterocycles. The standard InChI is InChI=1S/C17H19N3O4S/c1-9-11-14(18-10-5-3-2-4-8-20(10)15(11)22)25-12(9)13(21)19-17(6-7-17)16(23)24/h2-8H2,1H3,(H,19,21)(H,23,24). The molecule has 7 nitrogen and oxygen atoms in total. The summed E-state index contributed by atoms with van der Waals surface area (Å²) >= 11 is 1.18. The first kappa shape index (κ1) is 16.3. The molecule has 1 aliphatic carbocycles. The minimum atomic E-state index is -1.14. The third-order valence-electron chi connectivity index (χ3n) is 5.13. The highest BCUT2D eigenvalue weighted by molar-refractivity contribution is 7.20. The number of nitrogens with one attached hydrogen (secondary N) is 1. The highest BCUT2D eigenvalue weighted by atomic mass is 32.1. The van der Waals surface area contributed by atoms with E-state index in [1.54, 1.807) is 11.5 Å². The van der Waals surface area contributed by atoms with Crippen LogP contribution in [0.3, 0.4) is 0 Å². The number of hydrogen-bond acceptors (Lipinski definition) is 5. The van der Waals surface area contributed by atoms with Gasteiger partial charge in [0.2, 0.25) is 0 Å². The van der Waals surface area contributed by atoms with Crippen LogP contribution < -0.4 is 10.9 Å². The normalized spacial score (nSPS) is 18.4. The molecule has 132 valence electrons. The zero-order chi connectivity index (χ0) is 17.8. The van der Waals surface area contributed by atoms with Crippen molar-refractivity contribution in [1.29, 1.82) is 0 Å². The van der Waals surface area contributed by atoms with Crippen LogP contribution >= 0.6 is 11.3 Å². The van der Waals surface area contributed by atoms with Crippen LogP contribution in [0.4, 0.5) is 0 Å². The van der Waals surface area contributed by atoms with E-state index in [9.17, 15) is 19.5 Å². The zero-order valence-electron chi connectivity index (χ0n) is 13.9. The number of carbonyl (C=O) groups is 2. The SMILES string of the molecule is Cc1c(C(=O)NC2(C(=O)O)CC2)sc2nc3n(c(=O)c12)CCCCC3. The van der Waals surface area contributed by atoms with Gasteiger partial charge in [0, 0.05) is 13.0 Å². The predicted molar refractivity (Wildman–Crippen MR) is 93.2 cm³/mol. The van der Waals surface area contributed by atoms with Crippen LogP contribution in [0.2, 0.25) is 0 Å². The molecule has 1 aliphatic heterocycles. The number of aromatic nitrogens is 2. The van der Waals surface area contributed by atoms with Crippen LogP contribution in [0.25, 0.3) is 10.2 Å². The molecule has 0 aromatic carbocycles. The van der Waals surface area contributed by atoms with Crippen LogP contribution in [-0.4, -0.2) is 32.1 Å². The maximum absolute atomic E-state index is 12.9. The number of carbonyl (C=O) groups excluding carboxylic acids is 1. The lowest BCUT2D eigenvalue weighted by atomic mass is 10.2. The first-order chi connectivity index (χ1) is 11.9. The Labute approximate surface area is 147 Å². The molecule has 2 aliphatic rings. The molecule has 4 rings (SSSR count). The summed E-state index contributed by atoms with van der Waals surface area (Å²) in [6, 6.07) is 0. The number of rotatable bonds is 3. The lowest BCUT2D eigenvalue weighted by Crippen LogP contribution is -2.43. The fourth-order valence-corrected chi connectivity index (χ4v) is 4.50. The molecule has 8 heteroatoms. The van der Waals surface area contributed by atoms with E-state index in [4.69, 9.17) is 0 Å². The molecule has 1 fully saturated rings. The molecule has 3 heterocycles. The van der Waals surface area contributed by atoms with Crippen molar-refractivity contribution >= 4 is 33.4 Å². The maximum Gasteiger partial charge on any atom is 0.329 e. The van der Waals surface area contributed by atoms with Gasteiger partial charge in [0.15, 0.2) is 0 Å². The van der Waals surface area contributed by atoms with Gasteiger partial charge in [-0.05, 0) is 38.2 Å². The van der Waals surface area contributed by atoms with Crippen LogP contribution in [-0.2, 0) is 17.8 Å². The topological polar surface area (TPSA) is 101 Å². The highest BCUT2D eigenvalue weighted by Crippen LogP contribution is 2.37. The second-order valence-corrected chi connectivity index (χ2v) is 7.87. The van der Waals surface area contributed by atoms with Gasteiger partial charge in [0.1, 0.15) is 16.2 Å². The number of aliphatic carboxylic acids is 1. The van der Waals surface area contributed by atoms with Gasteiger partial charge in [-0.1, -0.05) is 6.42 Å². The summed E-state index contributed by atoms with van der Waals surface area (Å²) in [7, 11) is 0. The largest absolute Gasteiger partial charge is 0.480 e. The average Bonchev–Trinajstić information content (AvgIpc) is 3.31. The summed E-state index contributed by atoms with van der Waals surface area (Å²) < 4.78 is 1.73. The third kappa shape index (κ3) is 2.55. The summed E-state index contributed by atoms with van der Waals surface area (Å²) in [6.07, 6.45) is 4.70. The van der Waals surface area contributed by atoms with Crippen LogP contribution in [0.1, 0.15) is 53.2 Å². The summed E-state index contributed by atoms with van der Waals surface area (Å²) in [5.74, 6) is -0.656. The molecule has 1 amide bonds. The number of thiophene rings is 1. The van der Waals surface area contributed by atoms with Gasteiger partial charge in [-0.15, -0.1) is 11.3 Å². The predicted octanol–water partition coefficient (Wildman–Crippen LogP) is 1.84. The summed E-state index contributed by atoms with van der Waals surface area (Å²) in [4.78, 5) is 42.4. The molecular weight excluding hydrogens is 342 g/mol. The van der Waals surface area contributed by atoms with E-state index >= 15 is 0 Å². The van der Waals surface area contributed by atoms with Crippen molar-refractivity contribution in [1.82, 2.24) is 14.9 Å². The maximum atomic E-state index is 12.9. The van der Waals surface area contributed by atoms with Gasteiger partial charge in [-0.3, -0.25) is 14.2 Å².